The van der Waals surface area contributed by atoms with Crippen molar-refractivity contribution in [3.63, 3.8) is 0 Å². The third-order valence-corrected chi connectivity index (χ3v) is 6.66. The van der Waals surface area contributed by atoms with Crippen molar-refractivity contribution in [1.29, 1.82) is 0 Å². The normalized spacial score (nSPS) is 15.5. The van der Waals surface area contributed by atoms with Gasteiger partial charge in [0.15, 0.2) is 11.5 Å². The topological polar surface area (TPSA) is 68.3 Å². The minimum Gasteiger partial charge on any atom is -0.496 e. The van der Waals surface area contributed by atoms with Crippen LogP contribution in [0.5, 0.6) is 17.2 Å². The standard InChI is InChI=1S/C28H32N2O5/c1-29(17-19-9-7-13-25(34-3)26(19)35-4)27(31)20-10-8-16-30(18-20)28(32)23-14-15-24(33-2)22-12-6-5-11-21(22)23/h5-7,9,11-15,20H,8,10,16-18H2,1-4H3/t20-/m1/s1. The van der Waals surface area contributed by atoms with E-state index in [1.54, 1.807) is 38.2 Å². The number of methoxy groups -OCH3 is 3. The summed E-state index contributed by atoms with van der Waals surface area (Å²) in [4.78, 5) is 30.4. The van der Waals surface area contributed by atoms with Gasteiger partial charge in [-0.25, -0.2) is 0 Å². The fourth-order valence-corrected chi connectivity index (χ4v) is 4.89. The SMILES string of the molecule is COc1cccc(CN(C)C(=O)[C@@H]2CCCN(C(=O)c3ccc(OC)c4ccccc34)C2)c1OC. The number of carbonyl (C=O) groups excluding carboxylic acids is 2. The summed E-state index contributed by atoms with van der Waals surface area (Å²) in [6, 6.07) is 17.0. The molecule has 0 saturated carbocycles. The van der Waals surface area contributed by atoms with Crippen LogP contribution in [0.15, 0.2) is 54.6 Å². The molecule has 0 aliphatic carbocycles. The summed E-state index contributed by atoms with van der Waals surface area (Å²) in [7, 11) is 6.60. The van der Waals surface area contributed by atoms with Crippen LogP contribution in [0.1, 0.15) is 28.8 Å². The highest BCUT2D eigenvalue weighted by molar-refractivity contribution is 6.08. The number of fused-ring (bicyclic) bond motifs is 1. The summed E-state index contributed by atoms with van der Waals surface area (Å²) in [6.07, 6.45) is 1.54. The van der Waals surface area contributed by atoms with Crippen LogP contribution in [-0.2, 0) is 11.3 Å². The molecule has 3 aromatic rings. The molecular weight excluding hydrogens is 444 g/mol. The van der Waals surface area contributed by atoms with E-state index >= 15 is 0 Å². The molecule has 1 atom stereocenters. The molecule has 2 amide bonds. The fourth-order valence-electron chi connectivity index (χ4n) is 4.89. The number of hydrogen-bond acceptors (Lipinski definition) is 5. The van der Waals surface area contributed by atoms with Crippen molar-refractivity contribution in [2.75, 3.05) is 41.5 Å². The van der Waals surface area contributed by atoms with E-state index in [0.29, 0.717) is 36.7 Å². The molecule has 1 aliphatic heterocycles. The van der Waals surface area contributed by atoms with Crippen molar-refractivity contribution in [3.8, 4) is 17.2 Å². The van der Waals surface area contributed by atoms with Gasteiger partial charge in [-0.3, -0.25) is 9.59 Å². The minimum absolute atomic E-state index is 0.0203. The average molecular weight is 477 g/mol. The quantitative estimate of drug-likeness (QED) is 0.506. The monoisotopic (exact) mass is 476 g/mol. The number of piperidine rings is 1. The van der Waals surface area contributed by atoms with E-state index in [0.717, 1.165) is 34.9 Å². The molecule has 184 valence electrons. The Kier molecular flexibility index (Phi) is 7.44. The lowest BCUT2D eigenvalue weighted by atomic mass is 9.95. The zero-order valence-electron chi connectivity index (χ0n) is 20.7. The zero-order chi connectivity index (χ0) is 24.9. The lowest BCUT2D eigenvalue weighted by Gasteiger charge is -2.34. The van der Waals surface area contributed by atoms with Gasteiger partial charge in [0.1, 0.15) is 5.75 Å². The second kappa shape index (κ2) is 10.7. The Labute approximate surface area is 206 Å². The number of amides is 2. The first-order valence-electron chi connectivity index (χ1n) is 11.8. The Morgan fingerprint density at radius 2 is 1.66 bits per heavy atom. The van der Waals surface area contributed by atoms with Crippen LogP contribution in [0.25, 0.3) is 10.8 Å². The van der Waals surface area contributed by atoms with E-state index < -0.39 is 0 Å². The molecule has 1 heterocycles. The summed E-state index contributed by atoms with van der Waals surface area (Å²) >= 11 is 0. The molecule has 0 radical (unpaired) electrons. The van der Waals surface area contributed by atoms with Crippen LogP contribution in [0, 0.1) is 5.92 Å². The van der Waals surface area contributed by atoms with Gasteiger partial charge in [0.25, 0.3) is 5.91 Å². The fraction of sp³-hybridized carbons (Fsp3) is 0.357. The first kappa shape index (κ1) is 24.4. The summed E-state index contributed by atoms with van der Waals surface area (Å²) in [5.41, 5.74) is 1.50. The van der Waals surface area contributed by atoms with Crippen molar-refractivity contribution in [2.45, 2.75) is 19.4 Å². The van der Waals surface area contributed by atoms with Crippen LogP contribution >= 0.6 is 0 Å². The average Bonchev–Trinajstić information content (AvgIpc) is 2.91. The Hall–Kier alpha value is -3.74. The highest BCUT2D eigenvalue weighted by atomic mass is 16.5. The van der Waals surface area contributed by atoms with Crippen molar-refractivity contribution in [1.82, 2.24) is 9.80 Å². The summed E-state index contributed by atoms with van der Waals surface area (Å²) in [5.74, 6) is 1.70. The van der Waals surface area contributed by atoms with E-state index in [1.807, 2.05) is 54.6 Å². The highest BCUT2D eigenvalue weighted by Gasteiger charge is 2.31. The van der Waals surface area contributed by atoms with Gasteiger partial charge in [-0.15, -0.1) is 0 Å². The Balaban J connectivity index is 1.50. The van der Waals surface area contributed by atoms with Crippen LogP contribution < -0.4 is 14.2 Å². The van der Waals surface area contributed by atoms with Gasteiger partial charge in [0.2, 0.25) is 5.91 Å². The number of para-hydroxylation sites is 1. The predicted octanol–water partition coefficient (Wildman–Crippen LogP) is 4.38. The lowest BCUT2D eigenvalue weighted by Crippen LogP contribution is -2.45. The molecule has 0 N–H and O–H groups in total. The van der Waals surface area contributed by atoms with Crippen LogP contribution in [0.4, 0.5) is 0 Å². The molecule has 35 heavy (non-hydrogen) atoms. The van der Waals surface area contributed by atoms with Gasteiger partial charge in [0.05, 0.1) is 27.2 Å². The second-order valence-electron chi connectivity index (χ2n) is 8.80. The number of ether oxygens (including phenoxy) is 3. The summed E-state index contributed by atoms with van der Waals surface area (Å²) < 4.78 is 16.4. The molecule has 0 unspecified atom stereocenters. The number of nitrogens with zero attached hydrogens (tertiary/aromatic N) is 2. The first-order chi connectivity index (χ1) is 17.0. The lowest BCUT2D eigenvalue weighted by molar-refractivity contribution is -0.136. The molecule has 7 nitrogen and oxygen atoms in total. The maximum atomic E-state index is 13.5. The summed E-state index contributed by atoms with van der Waals surface area (Å²) in [6.45, 7) is 1.43. The third kappa shape index (κ3) is 4.90. The predicted molar refractivity (Wildman–Crippen MR) is 135 cm³/mol. The Morgan fingerprint density at radius 1 is 0.914 bits per heavy atom. The molecule has 4 rings (SSSR count). The molecule has 0 bridgehead atoms. The molecule has 1 fully saturated rings. The minimum atomic E-state index is -0.251. The summed E-state index contributed by atoms with van der Waals surface area (Å²) in [5, 5.41) is 1.75. The molecule has 3 aromatic carbocycles. The molecule has 1 aliphatic rings. The van der Waals surface area contributed by atoms with E-state index in [1.165, 1.54) is 0 Å². The maximum absolute atomic E-state index is 13.5. The van der Waals surface area contributed by atoms with E-state index in [2.05, 4.69) is 0 Å². The van der Waals surface area contributed by atoms with E-state index in [4.69, 9.17) is 14.2 Å². The van der Waals surface area contributed by atoms with Gasteiger partial charge >= 0.3 is 0 Å². The highest BCUT2D eigenvalue weighted by Crippen LogP contribution is 2.33. The van der Waals surface area contributed by atoms with Gasteiger partial charge < -0.3 is 24.0 Å². The molecule has 0 aromatic heterocycles. The smallest absolute Gasteiger partial charge is 0.254 e. The second-order valence-corrected chi connectivity index (χ2v) is 8.80. The Morgan fingerprint density at radius 3 is 2.37 bits per heavy atom. The van der Waals surface area contributed by atoms with Gasteiger partial charge in [-0.2, -0.15) is 0 Å². The maximum Gasteiger partial charge on any atom is 0.254 e. The zero-order valence-corrected chi connectivity index (χ0v) is 20.7. The molecule has 1 saturated heterocycles. The number of likely N-dealkylation sites (tertiary alicyclic amines) is 1. The van der Waals surface area contributed by atoms with Gasteiger partial charge in [-0.1, -0.05) is 36.4 Å². The van der Waals surface area contributed by atoms with Crippen LogP contribution in [0.3, 0.4) is 0 Å². The van der Waals surface area contributed by atoms with E-state index in [-0.39, 0.29) is 17.7 Å². The number of carbonyl (C=O) groups is 2. The van der Waals surface area contributed by atoms with Crippen molar-refractivity contribution in [3.05, 3.63) is 65.7 Å². The molecular formula is C28H32N2O5. The Bertz CT molecular complexity index is 1230. The van der Waals surface area contributed by atoms with E-state index in [9.17, 15) is 9.59 Å². The molecule has 7 heteroatoms. The van der Waals surface area contributed by atoms with Crippen LogP contribution in [-0.4, -0.2) is 63.1 Å². The van der Waals surface area contributed by atoms with Gasteiger partial charge in [0, 0.05) is 43.2 Å². The van der Waals surface area contributed by atoms with Crippen molar-refractivity contribution in [2.24, 2.45) is 5.92 Å². The largest absolute Gasteiger partial charge is 0.496 e. The van der Waals surface area contributed by atoms with Crippen LogP contribution in [0.2, 0.25) is 0 Å². The van der Waals surface area contributed by atoms with Crippen molar-refractivity contribution < 1.29 is 23.8 Å². The third-order valence-electron chi connectivity index (χ3n) is 6.66. The van der Waals surface area contributed by atoms with Gasteiger partial charge in [-0.05, 0) is 36.4 Å². The first-order valence-corrected chi connectivity index (χ1v) is 11.8. The molecule has 0 spiro atoms. The number of benzene rings is 3. The number of rotatable bonds is 7. The van der Waals surface area contributed by atoms with Crippen molar-refractivity contribution >= 4 is 22.6 Å². The number of hydrogen-bond donors (Lipinski definition) is 0.